The lowest BCUT2D eigenvalue weighted by atomic mass is 10.3. The van der Waals surface area contributed by atoms with E-state index in [0.29, 0.717) is 19.6 Å². The van der Waals surface area contributed by atoms with Gasteiger partial charge in [0.05, 0.1) is 19.6 Å². The summed E-state index contributed by atoms with van der Waals surface area (Å²) in [6.07, 6.45) is 0.347. The fourth-order valence-electron chi connectivity index (χ4n) is 1.35. The highest BCUT2D eigenvalue weighted by Crippen LogP contribution is 2.09. The van der Waals surface area contributed by atoms with Gasteiger partial charge in [-0.15, -0.1) is 11.3 Å². The van der Waals surface area contributed by atoms with Crippen molar-refractivity contribution in [3.05, 3.63) is 22.4 Å². The van der Waals surface area contributed by atoms with Crippen LogP contribution in [0.3, 0.4) is 0 Å². The molecule has 100 valence electrons. The van der Waals surface area contributed by atoms with Gasteiger partial charge in [0.25, 0.3) is 0 Å². The molecule has 0 aromatic carbocycles. The molecule has 0 radical (unpaired) electrons. The maximum Gasteiger partial charge on any atom is 0.239 e. The van der Waals surface area contributed by atoms with Gasteiger partial charge in [-0.1, -0.05) is 6.07 Å². The van der Waals surface area contributed by atoms with Crippen molar-refractivity contribution in [3.8, 4) is 0 Å². The van der Waals surface area contributed by atoms with E-state index >= 15 is 0 Å². The van der Waals surface area contributed by atoms with Crippen molar-refractivity contribution < 1.29 is 14.3 Å². The minimum atomic E-state index is -0.172. The fourth-order valence-corrected chi connectivity index (χ4v) is 2.05. The Morgan fingerprint density at radius 1 is 1.50 bits per heavy atom. The van der Waals surface area contributed by atoms with Crippen LogP contribution in [0.5, 0.6) is 0 Å². The molecule has 0 aliphatic rings. The smallest absolute Gasteiger partial charge is 0.239 e. The second kappa shape index (κ2) is 7.84. The molecule has 1 aromatic heterocycles. The molecule has 2 amide bonds. The number of thiophene rings is 1. The van der Waals surface area contributed by atoms with Crippen LogP contribution in [0.2, 0.25) is 0 Å². The van der Waals surface area contributed by atoms with Gasteiger partial charge in [-0.3, -0.25) is 9.59 Å². The number of methoxy groups -OCH3 is 1. The van der Waals surface area contributed by atoms with Gasteiger partial charge in [-0.05, 0) is 11.4 Å². The standard InChI is InChI=1S/C12H18N2O3S/c1-14(9-11(15)13-5-6-17-2)12(16)8-10-4-3-7-18-10/h3-4,7H,5-6,8-9H2,1-2H3,(H,13,15). The topological polar surface area (TPSA) is 58.6 Å². The zero-order valence-corrected chi connectivity index (χ0v) is 11.5. The summed E-state index contributed by atoms with van der Waals surface area (Å²) < 4.78 is 4.82. The zero-order valence-electron chi connectivity index (χ0n) is 10.6. The van der Waals surface area contributed by atoms with Gasteiger partial charge >= 0.3 is 0 Å². The van der Waals surface area contributed by atoms with Gasteiger partial charge in [0.1, 0.15) is 0 Å². The molecule has 1 aromatic rings. The highest BCUT2D eigenvalue weighted by atomic mass is 32.1. The molecular weight excluding hydrogens is 252 g/mol. The minimum absolute atomic E-state index is 0.0562. The fraction of sp³-hybridized carbons (Fsp3) is 0.500. The lowest BCUT2D eigenvalue weighted by Crippen LogP contribution is -2.39. The Morgan fingerprint density at radius 2 is 2.28 bits per heavy atom. The van der Waals surface area contributed by atoms with E-state index < -0.39 is 0 Å². The third kappa shape index (κ3) is 5.29. The van der Waals surface area contributed by atoms with Crippen LogP contribution < -0.4 is 5.32 Å². The van der Waals surface area contributed by atoms with Gasteiger partial charge in [0.15, 0.2) is 0 Å². The number of carbonyl (C=O) groups excluding carboxylic acids is 2. The molecule has 0 bridgehead atoms. The van der Waals surface area contributed by atoms with Crippen LogP contribution in [0.4, 0.5) is 0 Å². The normalized spacial score (nSPS) is 10.1. The van der Waals surface area contributed by atoms with Crippen molar-refractivity contribution in [1.82, 2.24) is 10.2 Å². The summed E-state index contributed by atoms with van der Waals surface area (Å²) in [5.74, 6) is -0.228. The Kier molecular flexibility index (Phi) is 6.38. The van der Waals surface area contributed by atoms with Crippen molar-refractivity contribution in [2.45, 2.75) is 6.42 Å². The van der Waals surface area contributed by atoms with Gasteiger partial charge in [0, 0.05) is 25.6 Å². The molecule has 0 saturated heterocycles. The summed E-state index contributed by atoms with van der Waals surface area (Å²) in [4.78, 5) is 25.7. The maximum atomic E-state index is 11.8. The van der Waals surface area contributed by atoms with Crippen LogP contribution in [-0.4, -0.2) is 50.6 Å². The SMILES string of the molecule is COCCNC(=O)CN(C)C(=O)Cc1cccs1. The quantitative estimate of drug-likeness (QED) is 0.735. The van der Waals surface area contributed by atoms with Gasteiger partial charge < -0.3 is 15.0 Å². The molecular formula is C12H18N2O3S. The average molecular weight is 270 g/mol. The Bertz CT molecular complexity index is 379. The first-order chi connectivity index (χ1) is 8.63. The van der Waals surface area contributed by atoms with Crippen LogP contribution in [0.15, 0.2) is 17.5 Å². The zero-order chi connectivity index (χ0) is 13.4. The molecule has 1 heterocycles. The molecule has 0 fully saturated rings. The van der Waals surface area contributed by atoms with E-state index in [-0.39, 0.29) is 18.4 Å². The number of rotatable bonds is 7. The average Bonchev–Trinajstić information content (AvgIpc) is 2.82. The first-order valence-electron chi connectivity index (χ1n) is 5.65. The van der Waals surface area contributed by atoms with Crippen molar-refractivity contribution in [2.24, 2.45) is 0 Å². The Morgan fingerprint density at radius 3 is 2.89 bits per heavy atom. The number of hydrogen-bond donors (Lipinski definition) is 1. The molecule has 5 nitrogen and oxygen atoms in total. The van der Waals surface area contributed by atoms with Crippen LogP contribution in [0.25, 0.3) is 0 Å². The monoisotopic (exact) mass is 270 g/mol. The highest BCUT2D eigenvalue weighted by molar-refractivity contribution is 7.10. The van der Waals surface area contributed by atoms with E-state index in [2.05, 4.69) is 5.32 Å². The van der Waals surface area contributed by atoms with Crippen LogP contribution in [0, 0.1) is 0 Å². The van der Waals surface area contributed by atoms with Crippen molar-refractivity contribution in [2.75, 3.05) is 33.9 Å². The van der Waals surface area contributed by atoms with Crippen LogP contribution in [-0.2, 0) is 20.7 Å². The third-order valence-electron chi connectivity index (χ3n) is 2.34. The van der Waals surface area contributed by atoms with E-state index in [1.165, 1.54) is 16.2 Å². The number of likely N-dealkylation sites (N-methyl/N-ethyl adjacent to an activating group) is 1. The largest absolute Gasteiger partial charge is 0.383 e. The number of nitrogens with zero attached hydrogens (tertiary/aromatic N) is 1. The molecule has 1 rings (SSSR count). The van der Waals surface area contributed by atoms with E-state index in [0.717, 1.165) is 4.88 Å². The van der Waals surface area contributed by atoms with Gasteiger partial charge in [0.2, 0.25) is 11.8 Å². The molecule has 0 unspecified atom stereocenters. The maximum absolute atomic E-state index is 11.8. The summed E-state index contributed by atoms with van der Waals surface area (Å²) in [5, 5.41) is 4.60. The van der Waals surface area contributed by atoms with E-state index in [4.69, 9.17) is 4.74 Å². The van der Waals surface area contributed by atoms with E-state index in [9.17, 15) is 9.59 Å². The summed E-state index contributed by atoms with van der Waals surface area (Å²) in [6.45, 7) is 1.01. The first-order valence-corrected chi connectivity index (χ1v) is 6.53. The minimum Gasteiger partial charge on any atom is -0.383 e. The second-order valence-corrected chi connectivity index (χ2v) is 4.88. The van der Waals surface area contributed by atoms with Crippen molar-refractivity contribution in [1.29, 1.82) is 0 Å². The molecule has 18 heavy (non-hydrogen) atoms. The van der Waals surface area contributed by atoms with Gasteiger partial charge in [-0.25, -0.2) is 0 Å². The lowest BCUT2D eigenvalue weighted by Gasteiger charge is -2.16. The van der Waals surface area contributed by atoms with E-state index in [1.807, 2.05) is 17.5 Å². The van der Waals surface area contributed by atoms with E-state index in [1.54, 1.807) is 14.2 Å². The summed E-state index contributed by atoms with van der Waals surface area (Å²) >= 11 is 1.54. The molecule has 6 heteroatoms. The number of ether oxygens (including phenoxy) is 1. The third-order valence-corrected chi connectivity index (χ3v) is 3.22. The predicted octanol–water partition coefficient (Wildman–Crippen LogP) is 0.512. The van der Waals surface area contributed by atoms with Crippen LogP contribution >= 0.6 is 11.3 Å². The Balaban J connectivity index is 2.28. The molecule has 0 aliphatic heterocycles. The predicted molar refractivity (Wildman–Crippen MR) is 70.5 cm³/mol. The molecule has 1 N–H and O–H groups in total. The highest BCUT2D eigenvalue weighted by Gasteiger charge is 2.13. The van der Waals surface area contributed by atoms with Crippen molar-refractivity contribution >= 4 is 23.2 Å². The van der Waals surface area contributed by atoms with Crippen LogP contribution in [0.1, 0.15) is 4.88 Å². The second-order valence-electron chi connectivity index (χ2n) is 3.85. The summed E-state index contributed by atoms with van der Waals surface area (Å²) in [6, 6.07) is 3.82. The number of hydrogen-bond acceptors (Lipinski definition) is 4. The Labute approximate surface area is 111 Å². The van der Waals surface area contributed by atoms with Crippen molar-refractivity contribution in [3.63, 3.8) is 0 Å². The van der Waals surface area contributed by atoms with Gasteiger partial charge in [-0.2, -0.15) is 0 Å². The number of nitrogens with one attached hydrogen (secondary N) is 1. The first kappa shape index (κ1) is 14.7. The molecule has 0 atom stereocenters. The molecule has 0 saturated carbocycles. The number of carbonyl (C=O) groups is 2. The number of amides is 2. The molecule has 0 spiro atoms. The molecule has 0 aliphatic carbocycles. The summed E-state index contributed by atoms with van der Waals surface area (Å²) in [5.41, 5.74) is 0. The Hall–Kier alpha value is -1.40. The lowest BCUT2D eigenvalue weighted by molar-refractivity contribution is -0.134. The summed E-state index contributed by atoms with van der Waals surface area (Å²) in [7, 11) is 3.20.